The van der Waals surface area contributed by atoms with Crippen LogP contribution in [0.4, 0.5) is 4.39 Å². The molecule has 204 valence electrons. The molecule has 1 aliphatic carbocycles. The number of carbonyl (C=O) groups is 2. The van der Waals surface area contributed by atoms with E-state index in [1.54, 1.807) is 11.5 Å². The summed E-state index contributed by atoms with van der Waals surface area (Å²) in [5.41, 5.74) is 0.383. The number of fused-ring (bicyclic) bond motifs is 1. The molecule has 7 nitrogen and oxygen atoms in total. The van der Waals surface area contributed by atoms with Crippen LogP contribution in [0.2, 0.25) is 0 Å². The van der Waals surface area contributed by atoms with E-state index in [2.05, 4.69) is 6.58 Å². The van der Waals surface area contributed by atoms with E-state index in [1.807, 2.05) is 60.7 Å². The van der Waals surface area contributed by atoms with E-state index in [-0.39, 0.29) is 46.0 Å². The molecule has 40 heavy (non-hydrogen) atoms. The number of halogens is 1. The number of esters is 2. The second-order valence-corrected chi connectivity index (χ2v) is 9.48. The number of methoxy groups -OCH3 is 1. The van der Waals surface area contributed by atoms with Crippen molar-refractivity contribution in [3.63, 3.8) is 0 Å². The predicted molar refractivity (Wildman–Crippen MR) is 149 cm³/mol. The van der Waals surface area contributed by atoms with Crippen LogP contribution in [0.25, 0.3) is 16.5 Å². The average molecular weight is 542 g/mol. The Hall–Kier alpha value is -4.72. The van der Waals surface area contributed by atoms with Crippen molar-refractivity contribution in [2.24, 2.45) is 0 Å². The summed E-state index contributed by atoms with van der Waals surface area (Å²) in [7, 11) is 1.33. The van der Waals surface area contributed by atoms with E-state index in [0.717, 1.165) is 30.0 Å². The van der Waals surface area contributed by atoms with Crippen molar-refractivity contribution in [3.8, 4) is 5.75 Å². The van der Waals surface area contributed by atoms with Crippen LogP contribution in [0.5, 0.6) is 5.75 Å². The maximum atomic E-state index is 15.8. The molecule has 1 fully saturated rings. The van der Waals surface area contributed by atoms with Gasteiger partial charge in [0.2, 0.25) is 5.43 Å². The van der Waals surface area contributed by atoms with Crippen molar-refractivity contribution in [1.29, 1.82) is 0 Å². The molecule has 0 amide bonds. The van der Waals surface area contributed by atoms with Crippen molar-refractivity contribution in [2.45, 2.75) is 31.9 Å². The number of ether oxygens (including phenoxy) is 3. The van der Waals surface area contributed by atoms with Crippen LogP contribution in [0.15, 0.2) is 84.3 Å². The van der Waals surface area contributed by atoms with Gasteiger partial charge in [-0.1, -0.05) is 67.2 Å². The number of hydrogen-bond donors (Lipinski definition) is 0. The van der Waals surface area contributed by atoms with Crippen molar-refractivity contribution in [2.75, 3.05) is 13.7 Å². The molecule has 3 aromatic carbocycles. The Bertz CT molecular complexity index is 1620. The molecule has 1 aliphatic rings. The van der Waals surface area contributed by atoms with Gasteiger partial charge < -0.3 is 18.8 Å². The minimum absolute atomic E-state index is 0.0238. The van der Waals surface area contributed by atoms with Crippen LogP contribution in [0, 0.1) is 5.82 Å². The minimum atomic E-state index is -0.900. The van der Waals surface area contributed by atoms with Gasteiger partial charge in [0, 0.05) is 12.2 Å². The number of pyridine rings is 1. The average Bonchev–Trinajstić information content (AvgIpc) is 3.82. The summed E-state index contributed by atoms with van der Waals surface area (Å²) in [6.07, 6.45) is 2.26. The van der Waals surface area contributed by atoms with Crippen LogP contribution < -0.4 is 10.2 Å². The highest BCUT2D eigenvalue weighted by Gasteiger charge is 2.32. The maximum Gasteiger partial charge on any atom is 0.343 e. The van der Waals surface area contributed by atoms with Crippen LogP contribution >= 0.6 is 0 Å². The standard InChI is InChI=1S/C32H28FNO6/c1-4-39-32(37)24-18-34(22-15-16-22)27-23(28(24)35)17-25(33)26(30(27)38-3)19(2)31(36)40-29(20-11-7-5-8-12-20)21-13-9-6-10-14-21/h5-14,17-18,22,29H,2,4,15-16H2,1,3H3. The number of aromatic nitrogens is 1. The summed E-state index contributed by atoms with van der Waals surface area (Å²) in [5.74, 6) is -2.57. The van der Waals surface area contributed by atoms with Crippen molar-refractivity contribution < 1.29 is 28.2 Å². The van der Waals surface area contributed by atoms with Gasteiger partial charge in [-0.3, -0.25) is 4.79 Å². The fourth-order valence-corrected chi connectivity index (χ4v) is 4.79. The molecule has 0 saturated heterocycles. The number of hydrogen-bond acceptors (Lipinski definition) is 6. The fraction of sp³-hybridized carbons (Fsp3) is 0.219. The third kappa shape index (κ3) is 5.00. The predicted octanol–water partition coefficient (Wildman–Crippen LogP) is 6.01. The molecule has 1 aromatic heterocycles. The number of rotatable bonds is 9. The Kier molecular flexibility index (Phi) is 7.51. The SMILES string of the molecule is C=C(C(=O)OC(c1ccccc1)c1ccccc1)c1c(F)cc2c(=O)c(C(=O)OCC)cn(C3CC3)c2c1OC. The van der Waals surface area contributed by atoms with E-state index >= 15 is 4.39 Å². The molecule has 1 saturated carbocycles. The highest BCUT2D eigenvalue weighted by molar-refractivity contribution is 6.18. The van der Waals surface area contributed by atoms with Crippen LogP contribution in [0.1, 0.15) is 59.0 Å². The molecular formula is C32H28FNO6. The molecule has 0 radical (unpaired) electrons. The Balaban J connectivity index is 1.61. The maximum absolute atomic E-state index is 15.8. The Morgan fingerprint density at radius 2 is 1.65 bits per heavy atom. The molecule has 0 spiro atoms. The van der Waals surface area contributed by atoms with Crippen molar-refractivity contribution in [1.82, 2.24) is 4.57 Å². The lowest BCUT2D eigenvalue weighted by molar-refractivity contribution is -0.140. The highest BCUT2D eigenvalue weighted by atomic mass is 19.1. The van der Waals surface area contributed by atoms with Gasteiger partial charge in [-0.05, 0) is 37.0 Å². The molecule has 0 atom stereocenters. The summed E-state index contributed by atoms with van der Waals surface area (Å²) in [6, 6.07) is 19.4. The molecule has 5 rings (SSSR count). The first-order valence-electron chi connectivity index (χ1n) is 13.0. The van der Waals surface area contributed by atoms with E-state index in [1.165, 1.54) is 13.3 Å². The summed E-state index contributed by atoms with van der Waals surface area (Å²) < 4.78 is 34.1. The minimum Gasteiger partial charge on any atom is -0.494 e. The number of nitrogens with zero attached hydrogens (tertiary/aromatic N) is 1. The van der Waals surface area contributed by atoms with Gasteiger partial charge in [0.05, 0.1) is 35.8 Å². The van der Waals surface area contributed by atoms with Crippen molar-refractivity contribution >= 4 is 28.4 Å². The zero-order valence-corrected chi connectivity index (χ0v) is 22.2. The lowest BCUT2D eigenvalue weighted by Crippen LogP contribution is -2.22. The monoisotopic (exact) mass is 541 g/mol. The van der Waals surface area contributed by atoms with Gasteiger partial charge in [0.25, 0.3) is 0 Å². The van der Waals surface area contributed by atoms with Gasteiger partial charge in [-0.15, -0.1) is 0 Å². The Labute approximate surface area is 230 Å². The molecule has 0 aliphatic heterocycles. The highest BCUT2D eigenvalue weighted by Crippen LogP contribution is 2.42. The normalized spacial score (nSPS) is 12.8. The fourth-order valence-electron chi connectivity index (χ4n) is 4.79. The van der Waals surface area contributed by atoms with Gasteiger partial charge in [-0.25, -0.2) is 14.0 Å². The summed E-state index contributed by atoms with van der Waals surface area (Å²) in [6.45, 7) is 5.59. The second-order valence-electron chi connectivity index (χ2n) is 9.48. The smallest absolute Gasteiger partial charge is 0.343 e. The second kappa shape index (κ2) is 11.2. The first-order chi connectivity index (χ1) is 19.3. The van der Waals surface area contributed by atoms with Crippen LogP contribution in [-0.2, 0) is 14.3 Å². The number of carbonyl (C=O) groups excluding carboxylic acids is 2. The van der Waals surface area contributed by atoms with E-state index in [0.29, 0.717) is 0 Å². The zero-order chi connectivity index (χ0) is 28.4. The summed E-state index contributed by atoms with van der Waals surface area (Å²) >= 11 is 0. The van der Waals surface area contributed by atoms with Gasteiger partial charge >= 0.3 is 11.9 Å². The largest absolute Gasteiger partial charge is 0.494 e. The van der Waals surface area contributed by atoms with E-state index in [9.17, 15) is 14.4 Å². The van der Waals surface area contributed by atoms with Crippen LogP contribution in [-0.4, -0.2) is 30.2 Å². The van der Waals surface area contributed by atoms with E-state index in [4.69, 9.17) is 14.2 Å². The van der Waals surface area contributed by atoms with Gasteiger partial charge in [-0.2, -0.15) is 0 Å². The molecule has 4 aromatic rings. The number of benzene rings is 3. The third-order valence-electron chi connectivity index (χ3n) is 6.84. The molecule has 8 heteroatoms. The molecular weight excluding hydrogens is 513 g/mol. The first-order valence-corrected chi connectivity index (χ1v) is 13.0. The molecule has 0 bridgehead atoms. The quantitative estimate of drug-likeness (QED) is 0.191. The van der Waals surface area contributed by atoms with Gasteiger partial charge in [0.1, 0.15) is 11.4 Å². The molecule has 0 unspecified atom stereocenters. The summed E-state index contributed by atoms with van der Waals surface area (Å²) in [5, 5.41) is -0.0526. The topological polar surface area (TPSA) is 83.8 Å². The Morgan fingerprint density at radius 1 is 1.05 bits per heavy atom. The first kappa shape index (κ1) is 26.9. The lowest BCUT2D eigenvalue weighted by Gasteiger charge is -2.22. The lowest BCUT2D eigenvalue weighted by atomic mass is 9.99. The van der Waals surface area contributed by atoms with Gasteiger partial charge in [0.15, 0.2) is 11.9 Å². The molecule has 1 heterocycles. The van der Waals surface area contributed by atoms with Crippen molar-refractivity contribution in [3.05, 3.63) is 118 Å². The Morgan fingerprint density at radius 3 is 2.17 bits per heavy atom. The third-order valence-corrected chi connectivity index (χ3v) is 6.84. The zero-order valence-electron chi connectivity index (χ0n) is 22.2. The van der Waals surface area contributed by atoms with Crippen LogP contribution in [0.3, 0.4) is 0 Å². The van der Waals surface area contributed by atoms with E-state index < -0.39 is 29.3 Å². The molecule has 0 N–H and O–H groups in total. The summed E-state index contributed by atoms with van der Waals surface area (Å²) in [4.78, 5) is 39.3.